The van der Waals surface area contributed by atoms with Crippen molar-refractivity contribution in [1.82, 2.24) is 15.1 Å². The third kappa shape index (κ3) is 6.60. The average molecular weight is 427 g/mol. The SMILES string of the molecule is Cc1cc(CNC(=O)CN2CCN(CC(=O)Nc3cccc(C)c3C)CC2)ccc1F. The summed E-state index contributed by atoms with van der Waals surface area (Å²) in [4.78, 5) is 28.9. The number of nitrogens with zero attached hydrogens (tertiary/aromatic N) is 2. The number of anilines is 1. The predicted molar refractivity (Wildman–Crippen MR) is 120 cm³/mol. The Bertz CT molecular complexity index is 939. The van der Waals surface area contributed by atoms with Crippen molar-refractivity contribution >= 4 is 17.5 Å². The van der Waals surface area contributed by atoms with Gasteiger partial charge in [0, 0.05) is 38.4 Å². The van der Waals surface area contributed by atoms with Gasteiger partial charge in [-0.05, 0) is 55.2 Å². The Morgan fingerprint density at radius 2 is 1.55 bits per heavy atom. The molecule has 0 atom stereocenters. The molecule has 1 aliphatic heterocycles. The number of piperazine rings is 1. The molecule has 6 nitrogen and oxygen atoms in total. The maximum Gasteiger partial charge on any atom is 0.238 e. The van der Waals surface area contributed by atoms with Gasteiger partial charge < -0.3 is 10.6 Å². The second-order valence-electron chi connectivity index (χ2n) is 8.21. The van der Waals surface area contributed by atoms with Crippen LogP contribution in [0.25, 0.3) is 0 Å². The Morgan fingerprint density at radius 3 is 2.19 bits per heavy atom. The fraction of sp³-hybridized carbons (Fsp3) is 0.417. The molecule has 0 saturated carbocycles. The van der Waals surface area contributed by atoms with Crippen molar-refractivity contribution in [2.45, 2.75) is 27.3 Å². The normalized spacial score (nSPS) is 15.0. The standard InChI is InChI=1S/C24H31FN4O2/c1-17-5-4-6-22(19(17)3)27-24(31)16-29-11-9-28(10-12-29)15-23(30)26-14-20-7-8-21(25)18(2)13-20/h4-8,13H,9-12,14-16H2,1-3H3,(H,26,30)(H,27,31). The van der Waals surface area contributed by atoms with Gasteiger partial charge in [0.05, 0.1) is 13.1 Å². The van der Waals surface area contributed by atoms with E-state index >= 15 is 0 Å². The number of nitrogens with one attached hydrogen (secondary N) is 2. The minimum Gasteiger partial charge on any atom is -0.351 e. The van der Waals surface area contributed by atoms with Crippen LogP contribution in [0, 0.1) is 26.6 Å². The molecule has 1 fully saturated rings. The van der Waals surface area contributed by atoms with Crippen LogP contribution in [0.3, 0.4) is 0 Å². The Balaban J connectivity index is 1.38. The van der Waals surface area contributed by atoms with Crippen LogP contribution in [-0.2, 0) is 16.1 Å². The van der Waals surface area contributed by atoms with Crippen LogP contribution in [0.15, 0.2) is 36.4 Å². The summed E-state index contributed by atoms with van der Waals surface area (Å²) < 4.78 is 13.3. The van der Waals surface area contributed by atoms with Crippen molar-refractivity contribution in [3.05, 3.63) is 64.5 Å². The van der Waals surface area contributed by atoms with Crippen LogP contribution >= 0.6 is 0 Å². The van der Waals surface area contributed by atoms with Gasteiger partial charge in [0.2, 0.25) is 11.8 Å². The topological polar surface area (TPSA) is 64.7 Å². The Morgan fingerprint density at radius 1 is 0.903 bits per heavy atom. The summed E-state index contributed by atoms with van der Waals surface area (Å²) in [6, 6.07) is 10.7. The van der Waals surface area contributed by atoms with Crippen LogP contribution in [0.1, 0.15) is 22.3 Å². The maximum absolute atomic E-state index is 13.3. The minimum absolute atomic E-state index is 0.0190. The molecule has 31 heavy (non-hydrogen) atoms. The molecular weight excluding hydrogens is 395 g/mol. The average Bonchev–Trinajstić information content (AvgIpc) is 2.74. The monoisotopic (exact) mass is 426 g/mol. The molecule has 3 rings (SSSR count). The zero-order valence-electron chi connectivity index (χ0n) is 18.5. The molecule has 0 aromatic heterocycles. The number of aryl methyl sites for hydroxylation is 2. The molecule has 0 spiro atoms. The summed E-state index contributed by atoms with van der Waals surface area (Å²) in [7, 11) is 0. The van der Waals surface area contributed by atoms with Crippen LogP contribution < -0.4 is 10.6 Å². The highest BCUT2D eigenvalue weighted by Crippen LogP contribution is 2.18. The highest BCUT2D eigenvalue weighted by atomic mass is 19.1. The lowest BCUT2D eigenvalue weighted by molar-refractivity contribution is -0.123. The van der Waals surface area contributed by atoms with E-state index in [-0.39, 0.29) is 17.6 Å². The van der Waals surface area contributed by atoms with Crippen molar-refractivity contribution in [2.75, 3.05) is 44.6 Å². The quantitative estimate of drug-likeness (QED) is 0.715. The van der Waals surface area contributed by atoms with Crippen molar-refractivity contribution in [1.29, 1.82) is 0 Å². The van der Waals surface area contributed by atoms with Crippen LogP contribution in [0.2, 0.25) is 0 Å². The Labute approximate surface area is 183 Å². The smallest absolute Gasteiger partial charge is 0.238 e. The summed E-state index contributed by atoms with van der Waals surface area (Å²) in [5.41, 5.74) is 4.55. The number of hydrogen-bond donors (Lipinski definition) is 2. The van der Waals surface area contributed by atoms with Gasteiger partial charge in [-0.2, -0.15) is 0 Å². The number of carbonyl (C=O) groups is 2. The highest BCUT2D eigenvalue weighted by Gasteiger charge is 2.21. The first kappa shape index (κ1) is 22.9. The summed E-state index contributed by atoms with van der Waals surface area (Å²) in [5, 5.41) is 5.89. The molecule has 166 valence electrons. The fourth-order valence-electron chi connectivity index (χ4n) is 3.66. The van der Waals surface area contributed by atoms with Gasteiger partial charge in [-0.3, -0.25) is 19.4 Å². The van der Waals surface area contributed by atoms with E-state index in [9.17, 15) is 14.0 Å². The summed E-state index contributed by atoms with van der Waals surface area (Å²) in [5.74, 6) is -0.312. The molecule has 2 N–H and O–H groups in total. The van der Waals surface area contributed by atoms with E-state index in [0.717, 1.165) is 48.6 Å². The lowest BCUT2D eigenvalue weighted by atomic mass is 10.1. The third-order valence-corrected chi connectivity index (χ3v) is 5.79. The molecule has 7 heteroatoms. The van der Waals surface area contributed by atoms with E-state index in [2.05, 4.69) is 20.4 Å². The lowest BCUT2D eigenvalue weighted by Gasteiger charge is -2.33. The van der Waals surface area contributed by atoms with Crippen molar-refractivity contribution in [3.63, 3.8) is 0 Å². The summed E-state index contributed by atoms with van der Waals surface area (Å²) >= 11 is 0. The fourth-order valence-corrected chi connectivity index (χ4v) is 3.66. The molecule has 2 amide bonds. The first-order valence-electron chi connectivity index (χ1n) is 10.6. The second-order valence-corrected chi connectivity index (χ2v) is 8.21. The molecule has 1 aliphatic rings. The van der Waals surface area contributed by atoms with Gasteiger partial charge in [0.1, 0.15) is 5.82 Å². The van der Waals surface area contributed by atoms with Crippen LogP contribution in [-0.4, -0.2) is 60.9 Å². The van der Waals surface area contributed by atoms with Crippen molar-refractivity contribution in [3.8, 4) is 0 Å². The van der Waals surface area contributed by atoms with Gasteiger partial charge in [-0.1, -0.05) is 24.3 Å². The largest absolute Gasteiger partial charge is 0.351 e. The molecule has 2 aromatic carbocycles. The first-order chi connectivity index (χ1) is 14.8. The van der Waals surface area contributed by atoms with E-state index in [0.29, 0.717) is 25.2 Å². The number of amides is 2. The Kier molecular flexibility index (Phi) is 7.76. The number of halogens is 1. The molecule has 0 unspecified atom stereocenters. The second kappa shape index (κ2) is 10.5. The molecule has 0 bridgehead atoms. The van der Waals surface area contributed by atoms with Crippen LogP contribution in [0.5, 0.6) is 0 Å². The van der Waals surface area contributed by atoms with Gasteiger partial charge >= 0.3 is 0 Å². The molecule has 0 radical (unpaired) electrons. The number of carbonyl (C=O) groups excluding carboxylic acids is 2. The zero-order chi connectivity index (χ0) is 22.4. The minimum atomic E-state index is -0.240. The summed E-state index contributed by atoms with van der Waals surface area (Å²) in [6.07, 6.45) is 0. The van der Waals surface area contributed by atoms with Gasteiger partial charge in [0.25, 0.3) is 0 Å². The Hall–Kier alpha value is -2.77. The predicted octanol–water partition coefficient (Wildman–Crippen LogP) is 2.62. The van der Waals surface area contributed by atoms with Crippen molar-refractivity contribution < 1.29 is 14.0 Å². The number of benzene rings is 2. The first-order valence-corrected chi connectivity index (χ1v) is 10.6. The lowest BCUT2D eigenvalue weighted by Crippen LogP contribution is -2.50. The molecule has 1 heterocycles. The molecule has 0 aliphatic carbocycles. The van der Waals surface area contributed by atoms with E-state index < -0.39 is 0 Å². The van der Waals surface area contributed by atoms with Gasteiger partial charge in [-0.25, -0.2) is 4.39 Å². The zero-order valence-corrected chi connectivity index (χ0v) is 18.5. The number of hydrogen-bond acceptors (Lipinski definition) is 4. The summed E-state index contributed by atoms with van der Waals surface area (Å²) in [6.45, 7) is 9.75. The maximum atomic E-state index is 13.3. The van der Waals surface area contributed by atoms with Gasteiger partial charge in [0.15, 0.2) is 0 Å². The molecule has 1 saturated heterocycles. The molecule has 2 aromatic rings. The van der Waals surface area contributed by atoms with E-state index in [1.807, 2.05) is 32.0 Å². The van der Waals surface area contributed by atoms with Gasteiger partial charge in [-0.15, -0.1) is 0 Å². The van der Waals surface area contributed by atoms with E-state index in [1.54, 1.807) is 19.1 Å². The molecular formula is C24H31FN4O2. The number of rotatable bonds is 7. The van der Waals surface area contributed by atoms with Crippen molar-refractivity contribution in [2.24, 2.45) is 0 Å². The van der Waals surface area contributed by atoms with Crippen LogP contribution in [0.4, 0.5) is 10.1 Å². The highest BCUT2D eigenvalue weighted by molar-refractivity contribution is 5.93. The van der Waals surface area contributed by atoms with E-state index in [4.69, 9.17) is 0 Å². The third-order valence-electron chi connectivity index (χ3n) is 5.79. The van der Waals surface area contributed by atoms with E-state index in [1.165, 1.54) is 6.07 Å².